The van der Waals surface area contributed by atoms with E-state index in [-0.39, 0.29) is 5.91 Å². The Balaban J connectivity index is 2.17. The molecule has 1 saturated heterocycles. The van der Waals surface area contributed by atoms with E-state index in [0.717, 1.165) is 17.6 Å². The normalized spacial score (nSPS) is 24.1. The van der Waals surface area contributed by atoms with E-state index < -0.39 is 0 Å². The van der Waals surface area contributed by atoms with Crippen LogP contribution in [0.25, 0.3) is 0 Å². The van der Waals surface area contributed by atoms with E-state index in [1.807, 2.05) is 28.8 Å². The predicted octanol–water partition coefficient (Wildman–Crippen LogP) is 3.00. The Morgan fingerprint density at radius 1 is 1.39 bits per heavy atom. The maximum Gasteiger partial charge on any atom is 0.254 e. The summed E-state index contributed by atoms with van der Waals surface area (Å²) in [6, 6.07) is 5.39. The smallest absolute Gasteiger partial charge is 0.254 e. The van der Waals surface area contributed by atoms with Crippen LogP contribution in [0, 0.1) is 0 Å². The van der Waals surface area contributed by atoms with Crippen LogP contribution in [-0.4, -0.2) is 34.4 Å². The summed E-state index contributed by atoms with van der Waals surface area (Å²) in [6.45, 7) is 5.95. The molecule has 1 fully saturated rings. The van der Waals surface area contributed by atoms with Crippen molar-refractivity contribution in [2.75, 3.05) is 18.8 Å². The minimum atomic E-state index is 0.0770. The lowest BCUT2D eigenvalue weighted by molar-refractivity contribution is 0.0753. The summed E-state index contributed by atoms with van der Waals surface area (Å²) >= 11 is 5.28. The van der Waals surface area contributed by atoms with Crippen molar-refractivity contribution < 1.29 is 4.79 Å². The molecule has 98 valence electrons. The van der Waals surface area contributed by atoms with Crippen molar-refractivity contribution in [3.05, 3.63) is 28.2 Å². The molecule has 2 atom stereocenters. The first-order chi connectivity index (χ1) is 8.47. The van der Waals surface area contributed by atoms with Crippen molar-refractivity contribution in [2.45, 2.75) is 24.3 Å². The lowest BCUT2D eigenvalue weighted by Gasteiger charge is -2.34. The van der Waals surface area contributed by atoms with E-state index in [1.165, 1.54) is 0 Å². The highest BCUT2D eigenvalue weighted by atomic mass is 79.9. The molecular formula is C13H17BrN2OS. The highest BCUT2D eigenvalue weighted by Crippen LogP contribution is 2.27. The molecule has 2 unspecified atom stereocenters. The third-order valence-corrected chi connectivity index (χ3v) is 4.90. The second-order valence-corrected chi connectivity index (χ2v) is 7.44. The number of nitrogen functional groups attached to an aromatic ring is 1. The Bertz CT molecular complexity index is 456. The van der Waals surface area contributed by atoms with Crippen LogP contribution in [0.1, 0.15) is 24.2 Å². The lowest BCUT2D eigenvalue weighted by atomic mass is 10.1. The summed E-state index contributed by atoms with van der Waals surface area (Å²) in [5, 5.41) is 0.982. The molecule has 0 radical (unpaired) electrons. The van der Waals surface area contributed by atoms with Gasteiger partial charge in [0.15, 0.2) is 0 Å². The predicted molar refractivity (Wildman–Crippen MR) is 81.0 cm³/mol. The van der Waals surface area contributed by atoms with E-state index in [4.69, 9.17) is 5.73 Å². The van der Waals surface area contributed by atoms with Gasteiger partial charge in [-0.2, -0.15) is 11.8 Å². The van der Waals surface area contributed by atoms with E-state index in [2.05, 4.69) is 29.8 Å². The minimum absolute atomic E-state index is 0.0770. The zero-order valence-corrected chi connectivity index (χ0v) is 12.9. The van der Waals surface area contributed by atoms with Crippen molar-refractivity contribution in [3.63, 3.8) is 0 Å². The van der Waals surface area contributed by atoms with Gasteiger partial charge in [0.25, 0.3) is 5.91 Å². The molecule has 0 saturated carbocycles. The largest absolute Gasteiger partial charge is 0.398 e. The summed E-state index contributed by atoms with van der Waals surface area (Å²) in [7, 11) is 0. The summed E-state index contributed by atoms with van der Waals surface area (Å²) in [5.74, 6) is 0.0770. The number of carbonyl (C=O) groups is 1. The molecule has 1 amide bonds. The van der Waals surface area contributed by atoms with E-state index in [9.17, 15) is 4.79 Å². The first-order valence-corrected chi connectivity index (χ1v) is 7.70. The third kappa shape index (κ3) is 3.01. The van der Waals surface area contributed by atoms with Crippen LogP contribution in [0.4, 0.5) is 5.69 Å². The number of anilines is 1. The fourth-order valence-corrected chi connectivity index (χ4v) is 3.77. The van der Waals surface area contributed by atoms with Crippen LogP contribution in [0.3, 0.4) is 0 Å². The van der Waals surface area contributed by atoms with Gasteiger partial charge < -0.3 is 10.6 Å². The Kier molecular flexibility index (Phi) is 4.22. The van der Waals surface area contributed by atoms with Crippen LogP contribution in [0.15, 0.2) is 22.7 Å². The van der Waals surface area contributed by atoms with Crippen molar-refractivity contribution in [3.8, 4) is 0 Å². The van der Waals surface area contributed by atoms with Crippen LogP contribution in [-0.2, 0) is 0 Å². The molecule has 0 spiro atoms. The van der Waals surface area contributed by atoms with Gasteiger partial charge >= 0.3 is 0 Å². The molecule has 5 heteroatoms. The van der Waals surface area contributed by atoms with Crippen molar-refractivity contribution in [1.82, 2.24) is 4.90 Å². The van der Waals surface area contributed by atoms with Gasteiger partial charge in [0, 0.05) is 39.3 Å². The van der Waals surface area contributed by atoms with Gasteiger partial charge in [0.1, 0.15) is 0 Å². The maximum atomic E-state index is 12.4. The first kappa shape index (κ1) is 13.7. The van der Waals surface area contributed by atoms with Gasteiger partial charge in [-0.3, -0.25) is 4.79 Å². The zero-order chi connectivity index (χ0) is 13.3. The highest BCUT2D eigenvalue weighted by Gasteiger charge is 2.26. The first-order valence-electron chi connectivity index (χ1n) is 5.97. The summed E-state index contributed by atoms with van der Waals surface area (Å²) < 4.78 is 0.829. The van der Waals surface area contributed by atoms with Crippen LogP contribution < -0.4 is 5.73 Å². The zero-order valence-electron chi connectivity index (χ0n) is 10.5. The molecule has 0 aromatic heterocycles. The number of amides is 1. The van der Waals surface area contributed by atoms with Crippen molar-refractivity contribution >= 4 is 39.3 Å². The molecule has 1 aliphatic heterocycles. The Morgan fingerprint density at radius 2 is 2.00 bits per heavy atom. The fourth-order valence-electron chi connectivity index (χ4n) is 2.20. The van der Waals surface area contributed by atoms with Gasteiger partial charge in [-0.25, -0.2) is 0 Å². The number of nitrogens with two attached hydrogens (primary N) is 1. The monoisotopic (exact) mass is 328 g/mol. The molecule has 1 aliphatic rings. The molecule has 0 bridgehead atoms. The van der Waals surface area contributed by atoms with Crippen molar-refractivity contribution in [2.24, 2.45) is 0 Å². The van der Waals surface area contributed by atoms with Crippen molar-refractivity contribution in [1.29, 1.82) is 0 Å². The number of hydrogen-bond acceptors (Lipinski definition) is 3. The summed E-state index contributed by atoms with van der Waals surface area (Å²) in [6.07, 6.45) is 0. The molecule has 2 rings (SSSR count). The Hall–Kier alpha value is -0.680. The lowest BCUT2D eigenvalue weighted by Crippen LogP contribution is -2.44. The molecule has 2 N–H and O–H groups in total. The number of halogens is 1. The highest BCUT2D eigenvalue weighted by molar-refractivity contribution is 9.10. The van der Waals surface area contributed by atoms with Crippen LogP contribution >= 0.6 is 27.7 Å². The molecule has 1 aromatic rings. The molecule has 1 heterocycles. The topological polar surface area (TPSA) is 46.3 Å². The molecule has 18 heavy (non-hydrogen) atoms. The summed E-state index contributed by atoms with van der Waals surface area (Å²) in [5.41, 5.74) is 7.09. The number of hydrogen-bond donors (Lipinski definition) is 1. The molecular weight excluding hydrogens is 312 g/mol. The average molecular weight is 329 g/mol. The average Bonchev–Trinajstić information content (AvgIpc) is 2.30. The van der Waals surface area contributed by atoms with Gasteiger partial charge in [0.05, 0.1) is 0 Å². The molecule has 0 aliphatic carbocycles. The molecule has 3 nitrogen and oxygen atoms in total. The number of thioether (sulfide) groups is 1. The van der Waals surface area contributed by atoms with Gasteiger partial charge in [-0.15, -0.1) is 0 Å². The SMILES string of the molecule is CC1CN(C(=O)c2ccc(Br)c(N)c2)CC(C)S1. The number of benzene rings is 1. The minimum Gasteiger partial charge on any atom is -0.398 e. The van der Waals surface area contributed by atoms with Crippen LogP contribution in [0.2, 0.25) is 0 Å². The second kappa shape index (κ2) is 5.53. The quantitative estimate of drug-likeness (QED) is 0.806. The van der Waals surface area contributed by atoms with E-state index in [0.29, 0.717) is 21.8 Å². The van der Waals surface area contributed by atoms with Crippen LogP contribution in [0.5, 0.6) is 0 Å². The van der Waals surface area contributed by atoms with Gasteiger partial charge in [-0.05, 0) is 34.1 Å². The summed E-state index contributed by atoms with van der Waals surface area (Å²) in [4.78, 5) is 14.3. The fraction of sp³-hybridized carbons (Fsp3) is 0.462. The molecule has 1 aromatic carbocycles. The third-order valence-electron chi connectivity index (χ3n) is 2.95. The standard InChI is InChI=1S/C13H17BrN2OS/c1-8-6-16(7-9(2)18-8)13(17)10-3-4-11(14)12(15)5-10/h3-5,8-9H,6-7,15H2,1-2H3. The van der Waals surface area contributed by atoms with Gasteiger partial charge in [-0.1, -0.05) is 13.8 Å². The van der Waals surface area contributed by atoms with E-state index in [1.54, 1.807) is 6.07 Å². The Labute approximate surface area is 120 Å². The number of carbonyl (C=O) groups excluding carboxylic acids is 1. The second-order valence-electron chi connectivity index (χ2n) is 4.70. The number of rotatable bonds is 1. The van der Waals surface area contributed by atoms with E-state index >= 15 is 0 Å². The maximum absolute atomic E-state index is 12.4. The Morgan fingerprint density at radius 3 is 2.56 bits per heavy atom. The number of nitrogens with zero attached hydrogens (tertiary/aromatic N) is 1. The van der Waals surface area contributed by atoms with Gasteiger partial charge in [0.2, 0.25) is 0 Å².